The second kappa shape index (κ2) is 17.4. The molecule has 9 heteroatoms. The van der Waals surface area contributed by atoms with Crippen LogP contribution in [-0.2, 0) is 28.5 Å². The molecule has 0 saturated carbocycles. The van der Waals surface area contributed by atoms with Gasteiger partial charge in [0.05, 0.1) is 32.0 Å². The third-order valence-corrected chi connectivity index (χ3v) is 8.55. The number of allylic oxidation sites excluding steroid dienone is 2. The third kappa shape index (κ3) is 11.7. The number of piperazine rings is 1. The van der Waals surface area contributed by atoms with Crippen molar-refractivity contribution in [1.82, 2.24) is 9.80 Å². The van der Waals surface area contributed by atoms with Crippen LogP contribution in [0.15, 0.2) is 48.2 Å². The van der Waals surface area contributed by atoms with Gasteiger partial charge in [-0.05, 0) is 80.5 Å². The zero-order chi connectivity index (χ0) is 34.7. The molecule has 1 fully saturated rings. The van der Waals surface area contributed by atoms with Gasteiger partial charge in [0.15, 0.2) is 5.78 Å². The summed E-state index contributed by atoms with van der Waals surface area (Å²) < 4.78 is 28.4. The van der Waals surface area contributed by atoms with Gasteiger partial charge in [-0.2, -0.15) is 0 Å². The van der Waals surface area contributed by atoms with E-state index in [9.17, 15) is 9.59 Å². The van der Waals surface area contributed by atoms with Gasteiger partial charge < -0.3 is 23.7 Å². The van der Waals surface area contributed by atoms with E-state index in [0.717, 1.165) is 85.0 Å². The molecule has 0 atom stereocenters. The van der Waals surface area contributed by atoms with Crippen LogP contribution >= 0.6 is 0 Å². The summed E-state index contributed by atoms with van der Waals surface area (Å²) >= 11 is 0. The molecule has 4 rings (SSSR count). The van der Waals surface area contributed by atoms with E-state index in [1.165, 1.54) is 0 Å². The van der Waals surface area contributed by atoms with E-state index in [1.807, 2.05) is 39.8 Å². The van der Waals surface area contributed by atoms with Crippen LogP contribution in [0.2, 0.25) is 0 Å². The molecule has 9 nitrogen and oxygen atoms in total. The van der Waals surface area contributed by atoms with Gasteiger partial charge in [-0.25, -0.2) is 4.79 Å². The summed E-state index contributed by atoms with van der Waals surface area (Å²) in [5, 5.41) is 0. The van der Waals surface area contributed by atoms with Crippen LogP contribution in [0.5, 0.6) is 5.75 Å². The summed E-state index contributed by atoms with van der Waals surface area (Å²) in [5.41, 5.74) is 4.33. The molecule has 1 aliphatic heterocycles. The molecule has 1 aliphatic carbocycles. The monoisotopic (exact) mass is 664 g/mol. The van der Waals surface area contributed by atoms with E-state index >= 15 is 0 Å². The summed E-state index contributed by atoms with van der Waals surface area (Å²) in [6.45, 7) is 22.2. The average molecular weight is 665 g/mol. The van der Waals surface area contributed by atoms with Crippen LogP contribution in [-0.4, -0.2) is 106 Å². The van der Waals surface area contributed by atoms with Crippen molar-refractivity contribution >= 4 is 17.3 Å². The molecule has 2 aliphatic rings. The molecule has 2 aromatic carbocycles. The number of benzene rings is 2. The van der Waals surface area contributed by atoms with Crippen LogP contribution in [0, 0.1) is 12.3 Å². The highest BCUT2D eigenvalue weighted by Gasteiger charge is 2.35. The fraction of sp³-hybridized carbons (Fsp3) is 0.590. The molecule has 1 heterocycles. The lowest BCUT2D eigenvalue weighted by Gasteiger charge is -2.34. The standard InChI is InChI=1S/C39H56N2O7/c1-8-46-35-27-39(6,7)26-34(42)37(35)33-25-31(10-9-29(33)2)30-11-13-32(14-12-30)47-22-20-41-17-15-40(16-18-41)19-21-44-23-24-45-28-36(43)48-38(3,4)5/h9-14,25H,8,15-24,26-28H2,1-7H3. The summed E-state index contributed by atoms with van der Waals surface area (Å²) in [6, 6.07) is 14.6. The lowest BCUT2D eigenvalue weighted by Crippen LogP contribution is -2.48. The van der Waals surface area contributed by atoms with Crippen molar-refractivity contribution in [1.29, 1.82) is 0 Å². The number of carbonyl (C=O) groups is 2. The number of esters is 1. The Bertz CT molecular complexity index is 1390. The number of hydrogen-bond donors (Lipinski definition) is 0. The van der Waals surface area contributed by atoms with Gasteiger partial charge >= 0.3 is 5.97 Å². The lowest BCUT2D eigenvalue weighted by atomic mass is 9.74. The highest BCUT2D eigenvalue weighted by molar-refractivity contribution is 6.22. The topological polar surface area (TPSA) is 86.8 Å². The molecular formula is C39H56N2O7. The number of ether oxygens (including phenoxy) is 5. The van der Waals surface area contributed by atoms with E-state index < -0.39 is 5.60 Å². The normalized spacial score (nSPS) is 17.4. The fourth-order valence-corrected chi connectivity index (χ4v) is 6.15. The molecule has 0 amide bonds. The zero-order valence-corrected chi connectivity index (χ0v) is 30.2. The van der Waals surface area contributed by atoms with Crippen LogP contribution in [0.1, 0.15) is 65.5 Å². The first-order valence-electron chi connectivity index (χ1n) is 17.4. The molecule has 2 aromatic rings. The van der Waals surface area contributed by atoms with E-state index in [1.54, 1.807) is 0 Å². The number of aryl methyl sites for hydroxylation is 1. The molecule has 0 spiro atoms. The number of ketones is 1. The number of rotatable bonds is 16. The van der Waals surface area contributed by atoms with Crippen molar-refractivity contribution in [2.75, 3.05) is 78.9 Å². The van der Waals surface area contributed by atoms with E-state index in [-0.39, 0.29) is 23.8 Å². The van der Waals surface area contributed by atoms with Gasteiger partial charge in [-0.15, -0.1) is 0 Å². The molecule has 48 heavy (non-hydrogen) atoms. The Kier molecular flexibility index (Phi) is 13.6. The van der Waals surface area contributed by atoms with Crippen LogP contribution < -0.4 is 4.74 Å². The summed E-state index contributed by atoms with van der Waals surface area (Å²) in [7, 11) is 0. The van der Waals surface area contributed by atoms with Gasteiger partial charge in [0.2, 0.25) is 0 Å². The maximum atomic E-state index is 13.3. The maximum Gasteiger partial charge on any atom is 0.332 e. The van der Waals surface area contributed by atoms with Gasteiger partial charge in [-0.1, -0.05) is 38.1 Å². The Morgan fingerprint density at radius 1 is 0.812 bits per heavy atom. The smallest absolute Gasteiger partial charge is 0.332 e. The average Bonchev–Trinajstić information content (AvgIpc) is 3.01. The van der Waals surface area contributed by atoms with E-state index in [0.29, 0.717) is 39.5 Å². The minimum atomic E-state index is -0.500. The highest BCUT2D eigenvalue weighted by atomic mass is 16.6. The number of carbonyl (C=O) groups excluding carboxylic acids is 2. The maximum absolute atomic E-state index is 13.3. The van der Waals surface area contributed by atoms with Crippen LogP contribution in [0.3, 0.4) is 0 Å². The second-order valence-electron chi connectivity index (χ2n) is 14.5. The van der Waals surface area contributed by atoms with Crippen LogP contribution in [0.25, 0.3) is 16.7 Å². The molecular weight excluding hydrogens is 608 g/mol. The van der Waals surface area contributed by atoms with E-state index in [4.69, 9.17) is 23.7 Å². The van der Waals surface area contributed by atoms with E-state index in [2.05, 4.69) is 60.9 Å². The first-order chi connectivity index (χ1) is 22.8. The second-order valence-corrected chi connectivity index (χ2v) is 14.5. The Labute approximate surface area is 287 Å². The first-order valence-corrected chi connectivity index (χ1v) is 17.4. The predicted octanol–water partition coefficient (Wildman–Crippen LogP) is 6.17. The largest absolute Gasteiger partial charge is 0.497 e. The van der Waals surface area contributed by atoms with Crippen molar-refractivity contribution in [3.05, 3.63) is 59.4 Å². The Morgan fingerprint density at radius 3 is 2.08 bits per heavy atom. The quantitative estimate of drug-likeness (QED) is 0.155. The van der Waals surface area contributed by atoms with Crippen molar-refractivity contribution in [3.8, 4) is 16.9 Å². The highest BCUT2D eigenvalue weighted by Crippen LogP contribution is 2.42. The van der Waals surface area contributed by atoms with Gasteiger partial charge in [0.25, 0.3) is 0 Å². The molecule has 0 N–H and O–H groups in total. The molecule has 0 aromatic heterocycles. The van der Waals surface area contributed by atoms with Gasteiger partial charge in [0, 0.05) is 52.1 Å². The Hall–Kier alpha value is -3.24. The van der Waals surface area contributed by atoms with Crippen molar-refractivity contribution in [2.45, 2.75) is 66.9 Å². The molecule has 0 bridgehead atoms. The third-order valence-electron chi connectivity index (χ3n) is 8.55. The molecule has 1 saturated heterocycles. The fourth-order valence-electron chi connectivity index (χ4n) is 6.15. The SMILES string of the molecule is CCOC1=C(c2cc(-c3ccc(OCCN4CCN(CCOCCOCC(=O)OC(C)(C)C)CC4)cc3)ccc2C)C(=O)CC(C)(C)C1. The summed E-state index contributed by atoms with van der Waals surface area (Å²) in [5.74, 6) is 1.46. The minimum Gasteiger partial charge on any atom is -0.497 e. The number of hydrogen-bond acceptors (Lipinski definition) is 9. The Balaban J connectivity index is 1.17. The predicted molar refractivity (Wildman–Crippen MR) is 189 cm³/mol. The zero-order valence-electron chi connectivity index (χ0n) is 30.2. The van der Waals surface area contributed by atoms with Crippen molar-refractivity contribution in [3.63, 3.8) is 0 Å². The lowest BCUT2D eigenvalue weighted by molar-refractivity contribution is -0.160. The molecule has 264 valence electrons. The molecule has 0 radical (unpaired) electrons. The minimum absolute atomic E-state index is 0.0517. The summed E-state index contributed by atoms with van der Waals surface area (Å²) in [6.07, 6.45) is 1.29. The van der Waals surface area contributed by atoms with Gasteiger partial charge in [-0.3, -0.25) is 14.6 Å². The van der Waals surface area contributed by atoms with Crippen LogP contribution in [0.4, 0.5) is 0 Å². The number of nitrogens with zero attached hydrogens (tertiary/aromatic N) is 2. The summed E-state index contributed by atoms with van der Waals surface area (Å²) in [4.78, 5) is 29.8. The number of Topliss-reactive ketones (excluding diaryl/α,β-unsaturated/α-hetero) is 1. The first kappa shape index (κ1) is 37.6. The Morgan fingerprint density at radius 2 is 1.44 bits per heavy atom. The van der Waals surface area contributed by atoms with Gasteiger partial charge in [0.1, 0.15) is 30.3 Å². The van der Waals surface area contributed by atoms with Crippen molar-refractivity contribution in [2.24, 2.45) is 5.41 Å². The van der Waals surface area contributed by atoms with Crippen molar-refractivity contribution < 1.29 is 33.3 Å². The molecule has 0 unspecified atom stereocenters.